The van der Waals surface area contributed by atoms with Gasteiger partial charge in [0.25, 0.3) is 0 Å². The second-order valence-corrected chi connectivity index (χ2v) is 7.68. The zero-order valence-electron chi connectivity index (χ0n) is 16.1. The molecule has 6 heteroatoms. The highest BCUT2D eigenvalue weighted by molar-refractivity contribution is 5.70. The van der Waals surface area contributed by atoms with Gasteiger partial charge in [0.2, 0.25) is 5.36 Å². The van der Waals surface area contributed by atoms with E-state index in [1.165, 1.54) is 16.8 Å². The van der Waals surface area contributed by atoms with Crippen molar-refractivity contribution in [3.05, 3.63) is 46.1 Å². The molecule has 0 saturated carbocycles. The Morgan fingerprint density at radius 2 is 2.11 bits per heavy atom. The molecule has 0 saturated heterocycles. The first kappa shape index (κ1) is 17.2. The molecule has 3 aliphatic heterocycles. The van der Waals surface area contributed by atoms with E-state index in [0.29, 0.717) is 6.42 Å². The number of carbonyl (C=O) groups is 1. The predicted molar refractivity (Wildman–Crippen MR) is 107 cm³/mol. The van der Waals surface area contributed by atoms with Crippen molar-refractivity contribution in [3.63, 3.8) is 0 Å². The van der Waals surface area contributed by atoms with Crippen LogP contribution in [0, 0.1) is 0 Å². The van der Waals surface area contributed by atoms with Crippen LogP contribution in [-0.4, -0.2) is 37.3 Å². The molecule has 2 aromatic rings. The molecule has 0 spiro atoms. The fourth-order valence-corrected chi connectivity index (χ4v) is 4.51. The normalized spacial score (nSPS) is 16.0. The fraction of sp³-hybridized carbons (Fsp3) is 0.409. The summed E-state index contributed by atoms with van der Waals surface area (Å²) in [5.41, 5.74) is 4.79. The molecular weight excluding hydrogens is 354 g/mol. The van der Waals surface area contributed by atoms with E-state index in [1.54, 1.807) is 0 Å². The van der Waals surface area contributed by atoms with Gasteiger partial charge in [-0.2, -0.15) is 0 Å². The number of hydrogen-bond donors (Lipinski definition) is 1. The second kappa shape index (κ2) is 6.62. The highest BCUT2D eigenvalue weighted by Gasteiger charge is 2.25. The van der Waals surface area contributed by atoms with Crippen molar-refractivity contribution in [1.29, 1.82) is 0 Å². The van der Waals surface area contributed by atoms with Crippen molar-refractivity contribution in [2.75, 3.05) is 31.1 Å². The Kier molecular flexibility index (Phi) is 4.07. The number of fused-ring (bicyclic) bond motifs is 4. The van der Waals surface area contributed by atoms with E-state index in [-0.39, 0.29) is 6.42 Å². The first-order valence-corrected chi connectivity index (χ1v) is 10.1. The van der Waals surface area contributed by atoms with Crippen LogP contribution >= 0.6 is 0 Å². The molecule has 3 aliphatic rings. The maximum atomic E-state index is 10.8. The first-order chi connectivity index (χ1) is 13.6. The Balaban J connectivity index is 1.53. The summed E-state index contributed by atoms with van der Waals surface area (Å²) in [4.78, 5) is 18.1. The third kappa shape index (κ3) is 2.84. The molecule has 0 aliphatic carbocycles. The number of hydrogen-bond acceptors (Lipinski definition) is 4. The van der Waals surface area contributed by atoms with Crippen LogP contribution in [0.2, 0.25) is 0 Å². The average Bonchev–Trinajstić information content (AvgIpc) is 3.25. The Bertz CT molecular complexity index is 1110. The van der Waals surface area contributed by atoms with Gasteiger partial charge in [-0.25, -0.2) is 9.57 Å². The lowest BCUT2D eigenvalue weighted by Crippen LogP contribution is -2.29. The molecule has 3 heterocycles. The summed E-state index contributed by atoms with van der Waals surface area (Å²) in [6, 6.07) is 8.52. The molecule has 5 rings (SSSR count). The van der Waals surface area contributed by atoms with Gasteiger partial charge in [-0.1, -0.05) is 0 Å². The highest BCUT2D eigenvalue weighted by atomic mass is 16.5. The number of benzene rings is 2. The molecular formula is C22H24N3O3+. The predicted octanol–water partition coefficient (Wildman–Crippen LogP) is 2.04. The van der Waals surface area contributed by atoms with Crippen LogP contribution in [0.3, 0.4) is 0 Å². The number of anilines is 1. The lowest BCUT2D eigenvalue weighted by Gasteiger charge is -2.20. The smallest absolute Gasteiger partial charge is 0.303 e. The van der Waals surface area contributed by atoms with E-state index in [4.69, 9.17) is 14.8 Å². The van der Waals surface area contributed by atoms with Gasteiger partial charge >= 0.3 is 5.97 Å². The SMILES string of the molecule is CCN1CCc2cc3c(cc21)Oc1cc2c(cc1=N3)CC[N+]=2CCCC(=O)O. The van der Waals surface area contributed by atoms with E-state index >= 15 is 0 Å². The van der Waals surface area contributed by atoms with E-state index in [9.17, 15) is 4.79 Å². The molecule has 0 bridgehead atoms. The van der Waals surface area contributed by atoms with Crippen molar-refractivity contribution in [1.82, 2.24) is 4.58 Å². The van der Waals surface area contributed by atoms with Crippen LogP contribution in [0.5, 0.6) is 11.5 Å². The summed E-state index contributed by atoms with van der Waals surface area (Å²) in [5.74, 6) is 0.872. The van der Waals surface area contributed by atoms with Crippen molar-refractivity contribution >= 4 is 17.3 Å². The zero-order valence-corrected chi connectivity index (χ0v) is 16.1. The monoisotopic (exact) mass is 378 g/mol. The molecule has 0 amide bonds. The van der Waals surface area contributed by atoms with E-state index < -0.39 is 5.97 Å². The first-order valence-electron chi connectivity index (χ1n) is 10.1. The standard InChI is InChI=1S/C22H23N3O3/c1-2-24-8-5-14-10-16-20(12-18(14)24)28-21-13-19-15(11-17(21)23-16)6-9-25(19)7-3-4-22(26)27/h10-13H,2-9H2,1H3/p+1. The minimum absolute atomic E-state index is 0.203. The summed E-state index contributed by atoms with van der Waals surface area (Å²) in [6.45, 7) is 5.91. The molecule has 0 fully saturated rings. The third-order valence-corrected chi connectivity index (χ3v) is 5.97. The number of rotatable bonds is 5. The number of ether oxygens (including phenoxy) is 1. The van der Waals surface area contributed by atoms with E-state index in [2.05, 4.69) is 40.7 Å². The van der Waals surface area contributed by atoms with Crippen LogP contribution < -0.4 is 24.9 Å². The van der Waals surface area contributed by atoms with Gasteiger partial charge in [-0.05, 0) is 31.0 Å². The number of carboxylic acid groups (broad SMARTS) is 1. The topological polar surface area (TPSA) is 65.1 Å². The van der Waals surface area contributed by atoms with Crippen LogP contribution in [-0.2, 0) is 17.6 Å². The van der Waals surface area contributed by atoms with E-state index in [1.807, 2.05) is 0 Å². The van der Waals surface area contributed by atoms with Gasteiger partial charge in [0.05, 0.1) is 12.5 Å². The quantitative estimate of drug-likeness (QED) is 0.690. The average molecular weight is 378 g/mol. The zero-order chi connectivity index (χ0) is 19.3. The maximum absolute atomic E-state index is 10.8. The van der Waals surface area contributed by atoms with Gasteiger partial charge in [0.1, 0.15) is 24.1 Å². The minimum Gasteiger partial charge on any atom is -0.481 e. The third-order valence-electron chi connectivity index (χ3n) is 5.97. The van der Waals surface area contributed by atoms with Crippen molar-refractivity contribution < 1.29 is 14.6 Å². The summed E-state index contributed by atoms with van der Waals surface area (Å²) in [6.07, 6.45) is 2.88. The van der Waals surface area contributed by atoms with Crippen molar-refractivity contribution in [3.8, 4) is 11.5 Å². The lowest BCUT2D eigenvalue weighted by molar-refractivity contribution is -0.137. The highest BCUT2D eigenvalue weighted by Crippen LogP contribution is 2.41. The summed E-state index contributed by atoms with van der Waals surface area (Å²) >= 11 is 0. The molecule has 6 nitrogen and oxygen atoms in total. The van der Waals surface area contributed by atoms with Gasteiger partial charge < -0.3 is 14.7 Å². The Labute approximate surface area is 163 Å². The molecule has 28 heavy (non-hydrogen) atoms. The van der Waals surface area contributed by atoms with Crippen LogP contribution in [0.15, 0.2) is 29.3 Å². The van der Waals surface area contributed by atoms with Crippen LogP contribution in [0.4, 0.5) is 11.4 Å². The number of nitrogens with zero attached hydrogens (tertiary/aromatic N) is 3. The number of aliphatic carboxylic acids is 1. The Hall–Kier alpha value is -2.89. The van der Waals surface area contributed by atoms with E-state index in [0.717, 1.165) is 66.9 Å². The lowest BCUT2D eigenvalue weighted by atomic mass is 10.1. The van der Waals surface area contributed by atoms with Crippen molar-refractivity contribution in [2.45, 2.75) is 32.6 Å². The van der Waals surface area contributed by atoms with Gasteiger partial charge in [0, 0.05) is 43.2 Å². The van der Waals surface area contributed by atoms with Crippen molar-refractivity contribution in [2.24, 2.45) is 4.99 Å². The molecule has 0 unspecified atom stereocenters. The van der Waals surface area contributed by atoms with Crippen LogP contribution in [0.1, 0.15) is 30.9 Å². The Morgan fingerprint density at radius 1 is 1.21 bits per heavy atom. The summed E-state index contributed by atoms with van der Waals surface area (Å²) in [5, 5.41) is 10.9. The van der Waals surface area contributed by atoms with Crippen LogP contribution in [0.25, 0.3) is 0 Å². The van der Waals surface area contributed by atoms with Gasteiger partial charge in [-0.15, -0.1) is 0 Å². The molecule has 144 valence electrons. The largest absolute Gasteiger partial charge is 0.481 e. The van der Waals surface area contributed by atoms with Gasteiger partial charge in [-0.3, -0.25) is 4.79 Å². The minimum atomic E-state index is -0.739. The van der Waals surface area contributed by atoms with Gasteiger partial charge in [0.15, 0.2) is 11.5 Å². The Morgan fingerprint density at radius 3 is 2.93 bits per heavy atom. The molecule has 0 aromatic heterocycles. The number of likely N-dealkylation sites (N-methyl/N-ethyl adjacent to an activating group) is 1. The molecule has 1 N–H and O–H groups in total. The second-order valence-electron chi connectivity index (χ2n) is 7.68. The fourth-order valence-electron chi connectivity index (χ4n) is 4.51. The molecule has 2 aromatic carbocycles. The summed E-state index contributed by atoms with van der Waals surface area (Å²) < 4.78 is 8.53. The number of carboxylic acids is 1. The molecule has 0 atom stereocenters. The molecule has 0 radical (unpaired) electrons. The summed E-state index contributed by atoms with van der Waals surface area (Å²) in [7, 11) is 0. The maximum Gasteiger partial charge on any atom is 0.303 e.